The highest BCUT2D eigenvalue weighted by Gasteiger charge is 2.22. The van der Waals surface area contributed by atoms with Crippen LogP contribution in [0.5, 0.6) is 0 Å². The van der Waals surface area contributed by atoms with Gasteiger partial charge < -0.3 is 20.9 Å². The lowest BCUT2D eigenvalue weighted by atomic mass is 10.1. The maximum atomic E-state index is 12.6. The monoisotopic (exact) mass is 556 g/mol. The van der Waals surface area contributed by atoms with Gasteiger partial charge in [-0.1, -0.05) is 12.1 Å². The zero-order valence-electron chi connectivity index (χ0n) is 18.0. The predicted octanol–water partition coefficient (Wildman–Crippen LogP) is 2.21. The smallest absolute Gasteiger partial charge is 0.254 e. The predicted molar refractivity (Wildman–Crippen MR) is 134 cm³/mol. The maximum Gasteiger partial charge on any atom is 0.254 e. The summed E-state index contributed by atoms with van der Waals surface area (Å²) >= 11 is 1.69. The zero-order chi connectivity index (χ0) is 21.5. The van der Waals surface area contributed by atoms with Crippen molar-refractivity contribution in [1.82, 2.24) is 25.8 Å². The zero-order valence-corrected chi connectivity index (χ0v) is 21.2. The SMILES string of the molecule is CCNC(=NCc1ccc(C(=O)N2CCNC(=O)C2)cc1)NCc1sc(C)nc1C.I. The number of nitrogens with one attached hydrogen (secondary N) is 3. The van der Waals surface area contributed by atoms with E-state index >= 15 is 0 Å². The molecule has 0 aliphatic carbocycles. The molecule has 3 N–H and O–H groups in total. The van der Waals surface area contributed by atoms with Gasteiger partial charge in [0.2, 0.25) is 5.91 Å². The Morgan fingerprint density at radius 3 is 2.61 bits per heavy atom. The average molecular weight is 556 g/mol. The van der Waals surface area contributed by atoms with Crippen LogP contribution in [0.3, 0.4) is 0 Å². The summed E-state index contributed by atoms with van der Waals surface area (Å²) in [6, 6.07) is 7.40. The van der Waals surface area contributed by atoms with E-state index in [9.17, 15) is 9.59 Å². The highest BCUT2D eigenvalue weighted by atomic mass is 127. The molecule has 2 aromatic rings. The molecular weight excluding hydrogens is 527 g/mol. The van der Waals surface area contributed by atoms with Crippen LogP contribution in [0.2, 0.25) is 0 Å². The van der Waals surface area contributed by atoms with Gasteiger partial charge in [-0.05, 0) is 38.5 Å². The molecule has 168 valence electrons. The Bertz CT molecular complexity index is 928. The summed E-state index contributed by atoms with van der Waals surface area (Å²) in [5.74, 6) is 0.500. The molecule has 2 heterocycles. The number of benzene rings is 1. The summed E-state index contributed by atoms with van der Waals surface area (Å²) in [6.07, 6.45) is 0. The molecular formula is C21H29IN6O2S. The van der Waals surface area contributed by atoms with Crippen molar-refractivity contribution in [3.05, 3.63) is 51.0 Å². The lowest BCUT2D eigenvalue weighted by Crippen LogP contribution is -2.49. The van der Waals surface area contributed by atoms with Crippen LogP contribution in [0.1, 0.15) is 38.4 Å². The molecule has 0 unspecified atom stereocenters. The molecule has 8 nitrogen and oxygen atoms in total. The molecule has 1 aromatic carbocycles. The van der Waals surface area contributed by atoms with E-state index in [2.05, 4.69) is 25.9 Å². The summed E-state index contributed by atoms with van der Waals surface area (Å²) in [5.41, 5.74) is 2.63. The number of rotatable bonds is 6. The second-order valence-electron chi connectivity index (χ2n) is 7.06. The number of amides is 2. The van der Waals surface area contributed by atoms with Crippen molar-refractivity contribution in [1.29, 1.82) is 0 Å². The molecule has 3 rings (SSSR count). The van der Waals surface area contributed by atoms with Crippen molar-refractivity contribution < 1.29 is 9.59 Å². The van der Waals surface area contributed by atoms with Gasteiger partial charge >= 0.3 is 0 Å². The third-order valence-corrected chi connectivity index (χ3v) is 5.78. The Hall–Kier alpha value is -2.21. The number of hydrogen-bond donors (Lipinski definition) is 3. The number of nitrogens with zero attached hydrogens (tertiary/aromatic N) is 3. The van der Waals surface area contributed by atoms with Crippen LogP contribution in [0, 0.1) is 13.8 Å². The topological polar surface area (TPSA) is 98.7 Å². The second-order valence-corrected chi connectivity index (χ2v) is 8.35. The highest BCUT2D eigenvalue weighted by molar-refractivity contribution is 14.0. The summed E-state index contributed by atoms with van der Waals surface area (Å²) in [6.45, 7) is 9.14. The molecule has 10 heteroatoms. The summed E-state index contributed by atoms with van der Waals surface area (Å²) in [7, 11) is 0. The molecule has 31 heavy (non-hydrogen) atoms. The quantitative estimate of drug-likeness (QED) is 0.288. The van der Waals surface area contributed by atoms with Crippen molar-refractivity contribution in [2.75, 3.05) is 26.2 Å². The summed E-state index contributed by atoms with van der Waals surface area (Å²) < 4.78 is 0. The third kappa shape index (κ3) is 7.17. The molecule has 0 atom stereocenters. The lowest BCUT2D eigenvalue weighted by molar-refractivity contribution is -0.123. The van der Waals surface area contributed by atoms with Crippen LogP contribution in [0.4, 0.5) is 0 Å². The van der Waals surface area contributed by atoms with E-state index in [1.54, 1.807) is 28.4 Å². The lowest BCUT2D eigenvalue weighted by Gasteiger charge is -2.26. The number of piperazine rings is 1. The van der Waals surface area contributed by atoms with E-state index in [4.69, 9.17) is 0 Å². The van der Waals surface area contributed by atoms with Crippen molar-refractivity contribution >= 4 is 53.1 Å². The number of aryl methyl sites for hydroxylation is 2. The molecule has 0 saturated carbocycles. The van der Waals surface area contributed by atoms with Crippen LogP contribution in [-0.4, -0.2) is 53.8 Å². The Labute approximate surface area is 203 Å². The van der Waals surface area contributed by atoms with Crippen LogP contribution in [0.15, 0.2) is 29.3 Å². The Morgan fingerprint density at radius 2 is 2.00 bits per heavy atom. The van der Waals surface area contributed by atoms with Crippen molar-refractivity contribution in [3.63, 3.8) is 0 Å². The van der Waals surface area contributed by atoms with E-state index in [0.717, 1.165) is 28.8 Å². The van der Waals surface area contributed by atoms with Crippen molar-refractivity contribution in [2.24, 2.45) is 4.99 Å². The Morgan fingerprint density at radius 1 is 1.26 bits per heavy atom. The van der Waals surface area contributed by atoms with Crippen LogP contribution in [0.25, 0.3) is 0 Å². The number of carbonyl (C=O) groups is 2. The largest absolute Gasteiger partial charge is 0.357 e. The first-order valence-corrected chi connectivity index (χ1v) is 10.9. The number of halogens is 1. The van der Waals surface area contributed by atoms with Gasteiger partial charge in [-0.25, -0.2) is 9.98 Å². The molecule has 1 aliphatic rings. The van der Waals surface area contributed by atoms with Crippen LogP contribution < -0.4 is 16.0 Å². The number of hydrogen-bond acceptors (Lipinski definition) is 5. The van der Waals surface area contributed by atoms with Gasteiger partial charge in [-0.3, -0.25) is 9.59 Å². The highest BCUT2D eigenvalue weighted by Crippen LogP contribution is 2.16. The number of aliphatic imine (C=N–C) groups is 1. The minimum atomic E-state index is -0.120. The van der Waals surface area contributed by atoms with Crippen molar-refractivity contribution in [2.45, 2.75) is 33.9 Å². The molecule has 1 aromatic heterocycles. The fourth-order valence-electron chi connectivity index (χ4n) is 3.16. The number of thiazole rings is 1. The average Bonchev–Trinajstić information content (AvgIpc) is 3.07. The van der Waals surface area contributed by atoms with Gasteiger partial charge in [0, 0.05) is 30.1 Å². The minimum Gasteiger partial charge on any atom is -0.357 e. The normalized spacial score (nSPS) is 14.0. The van der Waals surface area contributed by atoms with Gasteiger partial charge in [0.25, 0.3) is 5.91 Å². The maximum absolute atomic E-state index is 12.6. The first kappa shape index (κ1) is 25.1. The molecule has 1 fully saturated rings. The molecule has 0 spiro atoms. The molecule has 2 amide bonds. The second kappa shape index (κ2) is 12.0. The Kier molecular flexibility index (Phi) is 9.69. The third-order valence-electron chi connectivity index (χ3n) is 4.71. The first-order valence-electron chi connectivity index (χ1n) is 10.1. The Balaban J connectivity index is 0.00000341. The van der Waals surface area contributed by atoms with Gasteiger partial charge in [0.05, 0.1) is 30.3 Å². The van der Waals surface area contributed by atoms with E-state index in [0.29, 0.717) is 31.7 Å². The minimum absolute atomic E-state index is 0. The van der Waals surface area contributed by atoms with E-state index in [1.807, 2.05) is 32.9 Å². The van der Waals surface area contributed by atoms with E-state index in [1.165, 1.54) is 4.88 Å². The fourth-order valence-corrected chi connectivity index (χ4v) is 4.04. The summed E-state index contributed by atoms with van der Waals surface area (Å²) in [4.78, 5) is 35.9. The van der Waals surface area contributed by atoms with Crippen molar-refractivity contribution in [3.8, 4) is 0 Å². The molecule has 0 bridgehead atoms. The van der Waals surface area contributed by atoms with Crippen LogP contribution in [-0.2, 0) is 17.9 Å². The number of guanidine groups is 1. The summed E-state index contributed by atoms with van der Waals surface area (Å²) in [5, 5.41) is 10.4. The molecule has 1 saturated heterocycles. The van der Waals surface area contributed by atoms with E-state index in [-0.39, 0.29) is 42.3 Å². The van der Waals surface area contributed by atoms with Crippen LogP contribution >= 0.6 is 35.3 Å². The standard InChI is InChI=1S/C21H28N6O2S.HI/c1-4-22-21(25-12-18-14(2)26-15(3)30-18)24-11-16-5-7-17(8-6-16)20(29)27-10-9-23-19(28)13-27;/h5-8H,4,9-13H2,1-3H3,(H,23,28)(H2,22,24,25);1H. The van der Waals surface area contributed by atoms with Gasteiger partial charge in [-0.2, -0.15) is 0 Å². The van der Waals surface area contributed by atoms with Gasteiger partial charge in [0.15, 0.2) is 5.96 Å². The van der Waals surface area contributed by atoms with Gasteiger partial charge in [0.1, 0.15) is 0 Å². The molecule has 0 radical (unpaired) electrons. The number of aromatic nitrogens is 1. The van der Waals surface area contributed by atoms with Gasteiger partial charge in [-0.15, -0.1) is 35.3 Å². The fraction of sp³-hybridized carbons (Fsp3) is 0.429. The molecule has 1 aliphatic heterocycles. The first-order chi connectivity index (χ1) is 14.5. The van der Waals surface area contributed by atoms with E-state index < -0.39 is 0 Å². The number of carbonyl (C=O) groups excluding carboxylic acids is 2.